The molecule has 662 valence electrons. The summed E-state index contributed by atoms with van der Waals surface area (Å²) in [7, 11) is 0. The number of aryl methyl sites for hydroxylation is 6. The number of aromatic nitrogens is 6. The van der Waals surface area contributed by atoms with E-state index in [1.165, 1.54) is 131 Å². The lowest BCUT2D eigenvalue weighted by Gasteiger charge is -2.20. The quantitative estimate of drug-likeness (QED) is 0.0372. The van der Waals surface area contributed by atoms with Crippen LogP contribution in [0.2, 0.25) is 0 Å². The number of para-hydroxylation sites is 12. The predicted molar refractivity (Wildman–Crippen MR) is 539 cm³/mol. The first-order chi connectivity index (χ1) is 65.5. The molecular weight excluding hydrogens is 1630 g/mol. The van der Waals surface area contributed by atoms with Crippen LogP contribution in [0.4, 0.5) is 0 Å². The molecular formula is C117H110N6O9. The minimum atomic E-state index is -0.240. The number of hydrogen-bond donors (Lipinski definition) is 1. The van der Waals surface area contributed by atoms with Gasteiger partial charge in [0.1, 0.15) is 24.7 Å². The molecule has 21 rings (SSSR count). The molecule has 6 heterocycles. The fourth-order valence-corrected chi connectivity index (χ4v) is 20.1. The normalized spacial score (nSPS) is 11.9. The lowest BCUT2D eigenvalue weighted by Crippen LogP contribution is -2.09. The minimum Gasteiger partial charge on any atom is -0.490 e. The van der Waals surface area contributed by atoms with Crippen LogP contribution in [0.15, 0.2) is 334 Å². The van der Waals surface area contributed by atoms with Gasteiger partial charge in [-0.25, -0.2) is 0 Å². The van der Waals surface area contributed by atoms with Crippen molar-refractivity contribution in [3.8, 4) is 46.0 Å². The second kappa shape index (κ2) is 39.4. The Morgan fingerprint density at radius 1 is 0.174 bits per heavy atom. The van der Waals surface area contributed by atoms with E-state index < -0.39 is 0 Å². The molecule has 0 amide bonds. The van der Waals surface area contributed by atoms with Crippen LogP contribution in [0.1, 0.15) is 93.7 Å². The Hall–Kier alpha value is -14.5. The molecule has 132 heavy (non-hydrogen) atoms. The van der Waals surface area contributed by atoms with Gasteiger partial charge in [0.2, 0.25) is 11.5 Å². The fraction of sp³-hybridized carbons (Fsp3) is 0.231. The number of benzene rings is 15. The number of rotatable bonds is 43. The van der Waals surface area contributed by atoms with E-state index in [0.717, 1.165) is 127 Å². The maximum absolute atomic E-state index is 11.1. The standard InChI is InChI=1S/C117H110N6O9/c124-80-83-73-86(131-81-84-75-112(125-67-31-25-61-118-100-49-13-1-37-88(100)89-38-2-14-50-101(89)118)116(129-71-35-29-65-122-108-57-21-9-45-96(108)97-46-10-22-58-109(97)122)113(76-84)126-68-32-26-62-119-102-51-15-3-39-90(102)91-40-4-16-52-103(91)119)79-87(74-83)132-82-85-77-114(127-69-33-27-63-120-104-53-17-5-41-92(104)93-42-6-18-54-105(93)120)117(130-72-36-30-66-123-110-59-23-11-47-98(110)99-48-12-24-60-111(99)123)115(78-85)128-70-34-28-64-121-106-55-19-7-43-94(106)95-44-8-20-56-107(95)121/h1-24,37-60,73-79,124H,25-36,61-72,80-82H2. The fourth-order valence-electron chi connectivity index (χ4n) is 20.1. The number of ether oxygens (including phenoxy) is 8. The third-order valence-electron chi connectivity index (χ3n) is 26.4. The summed E-state index contributed by atoms with van der Waals surface area (Å²) in [5.41, 5.74) is 17.1. The van der Waals surface area contributed by atoms with Crippen LogP contribution in [-0.2, 0) is 59.1 Å². The highest BCUT2D eigenvalue weighted by Gasteiger charge is 2.24. The number of unbranched alkanes of at least 4 members (excludes halogenated alkanes) is 6. The molecule has 0 unspecified atom stereocenters. The summed E-state index contributed by atoms with van der Waals surface area (Å²) >= 11 is 0. The zero-order valence-electron chi connectivity index (χ0n) is 74.7. The molecule has 0 saturated carbocycles. The molecule has 0 saturated heterocycles. The van der Waals surface area contributed by atoms with Crippen molar-refractivity contribution in [2.75, 3.05) is 39.6 Å². The van der Waals surface area contributed by atoms with Crippen molar-refractivity contribution < 1.29 is 43.0 Å². The van der Waals surface area contributed by atoms with E-state index in [1.807, 2.05) is 18.2 Å². The molecule has 1 N–H and O–H groups in total. The molecule has 15 nitrogen and oxygen atoms in total. The summed E-state index contributed by atoms with van der Waals surface area (Å²) in [6.07, 6.45) is 10.1. The Morgan fingerprint density at radius 2 is 0.348 bits per heavy atom. The first kappa shape index (κ1) is 84.3. The van der Waals surface area contributed by atoms with Crippen LogP contribution in [0.5, 0.6) is 46.0 Å². The maximum Gasteiger partial charge on any atom is 0.203 e. The van der Waals surface area contributed by atoms with Crippen LogP contribution in [0.25, 0.3) is 131 Å². The van der Waals surface area contributed by atoms with Gasteiger partial charge in [-0.1, -0.05) is 218 Å². The van der Waals surface area contributed by atoms with E-state index >= 15 is 0 Å². The summed E-state index contributed by atoms with van der Waals surface area (Å²) in [6.45, 7) is 7.72. The molecule has 6 aromatic heterocycles. The van der Waals surface area contributed by atoms with Crippen molar-refractivity contribution in [3.05, 3.63) is 350 Å². The van der Waals surface area contributed by atoms with E-state index in [2.05, 4.69) is 343 Å². The Morgan fingerprint density at radius 3 is 0.530 bits per heavy atom. The van der Waals surface area contributed by atoms with Crippen molar-refractivity contribution in [2.24, 2.45) is 0 Å². The first-order valence-electron chi connectivity index (χ1n) is 47.4. The van der Waals surface area contributed by atoms with Gasteiger partial charge in [-0.05, 0) is 203 Å². The van der Waals surface area contributed by atoms with Gasteiger partial charge in [0.25, 0.3) is 0 Å². The van der Waals surface area contributed by atoms with E-state index in [9.17, 15) is 5.11 Å². The van der Waals surface area contributed by atoms with Gasteiger partial charge in [-0.2, -0.15) is 0 Å². The van der Waals surface area contributed by atoms with E-state index in [4.69, 9.17) is 37.9 Å². The highest BCUT2D eigenvalue weighted by Crippen LogP contribution is 2.44. The SMILES string of the molecule is OCc1cc(OCc2cc(OCCCCn3c4ccccc4c4ccccc43)c(OCCCCn3c4ccccc4c4ccccc43)c(OCCCCn3c4ccccc4c4ccccc43)c2)cc(OCc2cc(OCCCCn3c4ccccc4c4ccccc43)c(OCCCCn3c4ccccc4c4ccccc43)c(OCCCCn3c4ccccc4c4ccccc43)c2)c1. The van der Waals surface area contributed by atoms with Crippen molar-refractivity contribution in [2.45, 2.75) is 136 Å². The van der Waals surface area contributed by atoms with Crippen LogP contribution >= 0.6 is 0 Å². The lowest BCUT2D eigenvalue weighted by molar-refractivity contribution is 0.231. The molecule has 0 spiro atoms. The summed E-state index contributed by atoms with van der Waals surface area (Å²) in [4.78, 5) is 0. The zero-order chi connectivity index (χ0) is 88.3. The van der Waals surface area contributed by atoms with Gasteiger partial charge < -0.3 is 70.4 Å². The summed E-state index contributed by atoms with van der Waals surface area (Å²) in [6, 6.07) is 118. The first-order valence-corrected chi connectivity index (χ1v) is 47.4. The van der Waals surface area contributed by atoms with E-state index in [0.29, 0.717) is 91.2 Å². The number of aliphatic hydroxyl groups is 1. The molecule has 0 aliphatic carbocycles. The zero-order valence-corrected chi connectivity index (χ0v) is 74.7. The maximum atomic E-state index is 11.1. The summed E-state index contributed by atoms with van der Waals surface area (Å²) in [5.74, 6) is 4.61. The van der Waals surface area contributed by atoms with Gasteiger partial charge in [0.15, 0.2) is 23.0 Å². The smallest absolute Gasteiger partial charge is 0.203 e. The molecule has 0 bridgehead atoms. The Labute approximate surface area is 768 Å². The molecule has 0 radical (unpaired) electrons. The van der Waals surface area contributed by atoms with Crippen molar-refractivity contribution in [3.63, 3.8) is 0 Å². The highest BCUT2D eigenvalue weighted by atomic mass is 16.6. The van der Waals surface area contributed by atoms with Gasteiger partial charge in [0.05, 0.1) is 46.2 Å². The molecule has 0 fully saturated rings. The summed E-state index contributed by atoms with van der Waals surface area (Å²) < 4.78 is 70.8. The number of fused-ring (bicyclic) bond motifs is 18. The van der Waals surface area contributed by atoms with Crippen LogP contribution < -0.4 is 37.9 Å². The number of aliphatic hydroxyl groups excluding tert-OH is 1. The second-order valence-corrected chi connectivity index (χ2v) is 34.8. The average Bonchev–Trinajstić information content (AvgIpc) is 1.65. The van der Waals surface area contributed by atoms with Crippen molar-refractivity contribution in [1.82, 2.24) is 27.4 Å². The van der Waals surface area contributed by atoms with Crippen LogP contribution in [0, 0.1) is 0 Å². The topological polar surface area (TPSA) is 124 Å². The van der Waals surface area contributed by atoms with Crippen LogP contribution in [-0.4, -0.2) is 72.2 Å². The van der Waals surface area contributed by atoms with Gasteiger partial charge in [0, 0.05) is 176 Å². The van der Waals surface area contributed by atoms with Gasteiger partial charge in [-0.3, -0.25) is 0 Å². The van der Waals surface area contributed by atoms with Crippen LogP contribution in [0.3, 0.4) is 0 Å². The molecule has 0 aliphatic heterocycles. The third-order valence-corrected chi connectivity index (χ3v) is 26.4. The Kier molecular flexibility index (Phi) is 25.2. The Balaban J connectivity index is 0.562. The predicted octanol–water partition coefficient (Wildman–Crippen LogP) is 28.1. The largest absolute Gasteiger partial charge is 0.490 e. The van der Waals surface area contributed by atoms with E-state index in [-0.39, 0.29) is 19.8 Å². The lowest BCUT2D eigenvalue weighted by atomic mass is 10.1. The molecule has 21 aromatic rings. The monoisotopic (exact) mass is 1740 g/mol. The van der Waals surface area contributed by atoms with Crippen molar-refractivity contribution in [1.29, 1.82) is 0 Å². The van der Waals surface area contributed by atoms with E-state index in [1.54, 1.807) is 0 Å². The molecule has 15 heteroatoms. The van der Waals surface area contributed by atoms with Gasteiger partial charge in [-0.15, -0.1) is 0 Å². The molecule has 15 aromatic carbocycles. The number of hydrogen-bond acceptors (Lipinski definition) is 9. The Bertz CT molecular complexity index is 6620. The molecule has 0 aliphatic rings. The second-order valence-electron chi connectivity index (χ2n) is 34.8. The molecule has 0 atom stereocenters. The number of nitrogens with zero attached hydrogens (tertiary/aromatic N) is 6. The minimum absolute atomic E-state index is 0.141. The third kappa shape index (κ3) is 17.6. The average molecular weight is 1740 g/mol. The highest BCUT2D eigenvalue weighted by molar-refractivity contribution is 6.12. The van der Waals surface area contributed by atoms with Gasteiger partial charge >= 0.3 is 0 Å². The summed E-state index contributed by atoms with van der Waals surface area (Å²) in [5, 5.41) is 26.2. The van der Waals surface area contributed by atoms with Crippen molar-refractivity contribution >= 4 is 131 Å².